The number of halogens is 4. The van der Waals surface area contributed by atoms with Gasteiger partial charge in [0, 0.05) is 21.6 Å². The summed E-state index contributed by atoms with van der Waals surface area (Å²) in [6.07, 6.45) is 2.15. The molecule has 2 aromatic heterocycles. The third-order valence-electron chi connectivity index (χ3n) is 5.59. The molecular formula is C22H19BrF3N3. The van der Waals surface area contributed by atoms with Gasteiger partial charge in [-0.25, -0.2) is 13.2 Å². The molecule has 3 nitrogen and oxygen atoms in total. The van der Waals surface area contributed by atoms with E-state index in [1.807, 2.05) is 6.92 Å². The molecule has 0 N–H and O–H groups in total. The van der Waals surface area contributed by atoms with Gasteiger partial charge < -0.3 is 0 Å². The molecule has 29 heavy (non-hydrogen) atoms. The van der Waals surface area contributed by atoms with Crippen LogP contribution in [0, 0.1) is 18.6 Å². The summed E-state index contributed by atoms with van der Waals surface area (Å²) in [6, 6.07) is 9.52. The SMILES string of the molecule is Cc1cc(F)c(-c2ccc(CC[C@]3(c4ncccc4F)C[C@H](F)C3)nn2)cc1Br. The number of benzene rings is 1. The van der Waals surface area contributed by atoms with E-state index in [1.165, 1.54) is 24.4 Å². The fraction of sp³-hybridized carbons (Fsp3) is 0.318. The molecule has 0 atom stereocenters. The van der Waals surface area contributed by atoms with Crippen molar-refractivity contribution >= 4 is 15.9 Å². The second-order valence-electron chi connectivity index (χ2n) is 7.61. The molecule has 150 valence electrons. The lowest BCUT2D eigenvalue weighted by molar-refractivity contribution is 0.0794. The Morgan fingerprint density at radius 3 is 2.55 bits per heavy atom. The first-order chi connectivity index (χ1) is 13.9. The van der Waals surface area contributed by atoms with E-state index in [9.17, 15) is 13.2 Å². The molecule has 1 aliphatic carbocycles. The van der Waals surface area contributed by atoms with Crippen LogP contribution in [0.15, 0.2) is 47.1 Å². The number of rotatable bonds is 5. The van der Waals surface area contributed by atoms with Gasteiger partial charge in [0.05, 0.1) is 17.1 Å². The van der Waals surface area contributed by atoms with E-state index in [-0.39, 0.29) is 18.7 Å². The van der Waals surface area contributed by atoms with Crippen LogP contribution in [-0.4, -0.2) is 21.4 Å². The van der Waals surface area contributed by atoms with E-state index < -0.39 is 17.4 Å². The quantitative estimate of drug-likeness (QED) is 0.475. The van der Waals surface area contributed by atoms with Crippen molar-refractivity contribution in [3.8, 4) is 11.3 Å². The highest BCUT2D eigenvalue weighted by atomic mass is 79.9. The lowest BCUT2D eigenvalue weighted by atomic mass is 9.62. The van der Waals surface area contributed by atoms with E-state index in [2.05, 4.69) is 31.1 Å². The zero-order valence-electron chi connectivity index (χ0n) is 15.8. The summed E-state index contributed by atoms with van der Waals surface area (Å²) in [5.41, 5.74) is 2.01. The summed E-state index contributed by atoms with van der Waals surface area (Å²) in [5.74, 6) is -0.762. The van der Waals surface area contributed by atoms with Gasteiger partial charge in [-0.1, -0.05) is 15.9 Å². The third kappa shape index (κ3) is 3.92. The molecule has 3 aromatic rings. The summed E-state index contributed by atoms with van der Waals surface area (Å²) in [6.45, 7) is 1.81. The molecule has 7 heteroatoms. The molecule has 0 aliphatic heterocycles. The molecule has 0 amide bonds. The lowest BCUT2D eigenvalue weighted by Gasteiger charge is -2.44. The van der Waals surface area contributed by atoms with Crippen LogP contribution in [0.3, 0.4) is 0 Å². The average Bonchev–Trinajstić information content (AvgIpc) is 2.68. The molecule has 1 aliphatic rings. The van der Waals surface area contributed by atoms with Crippen molar-refractivity contribution in [3.63, 3.8) is 0 Å². The minimum absolute atomic E-state index is 0.259. The van der Waals surface area contributed by atoms with E-state index >= 15 is 0 Å². The maximum Gasteiger partial charge on any atom is 0.145 e. The van der Waals surface area contributed by atoms with Gasteiger partial charge in [0.1, 0.15) is 17.8 Å². The van der Waals surface area contributed by atoms with Crippen molar-refractivity contribution in [1.29, 1.82) is 0 Å². The highest BCUT2D eigenvalue weighted by molar-refractivity contribution is 9.10. The Morgan fingerprint density at radius 1 is 1.10 bits per heavy atom. The van der Waals surface area contributed by atoms with Gasteiger partial charge in [-0.05, 0) is 74.6 Å². The molecule has 1 aromatic carbocycles. The van der Waals surface area contributed by atoms with Crippen molar-refractivity contribution in [1.82, 2.24) is 15.2 Å². The molecule has 1 fully saturated rings. The van der Waals surface area contributed by atoms with Gasteiger partial charge in [-0.3, -0.25) is 4.98 Å². The molecule has 4 rings (SSSR count). The predicted molar refractivity (Wildman–Crippen MR) is 108 cm³/mol. The number of aryl methyl sites for hydroxylation is 2. The van der Waals surface area contributed by atoms with Crippen LogP contribution in [0.5, 0.6) is 0 Å². The van der Waals surface area contributed by atoms with Crippen molar-refractivity contribution in [3.05, 3.63) is 75.7 Å². The molecular weight excluding hydrogens is 443 g/mol. The summed E-state index contributed by atoms with van der Waals surface area (Å²) in [4.78, 5) is 4.17. The highest BCUT2D eigenvalue weighted by Gasteiger charge is 2.48. The van der Waals surface area contributed by atoms with Gasteiger partial charge in [0.2, 0.25) is 0 Å². The average molecular weight is 462 g/mol. The van der Waals surface area contributed by atoms with Crippen LogP contribution >= 0.6 is 15.9 Å². The molecule has 0 bridgehead atoms. The maximum absolute atomic E-state index is 14.3. The van der Waals surface area contributed by atoms with E-state index in [1.54, 1.807) is 18.2 Å². The minimum atomic E-state index is -0.937. The highest BCUT2D eigenvalue weighted by Crippen LogP contribution is 2.48. The largest absolute Gasteiger partial charge is 0.258 e. The van der Waals surface area contributed by atoms with Crippen molar-refractivity contribution in [2.45, 2.75) is 44.2 Å². The van der Waals surface area contributed by atoms with Crippen LogP contribution in [-0.2, 0) is 11.8 Å². The minimum Gasteiger partial charge on any atom is -0.258 e. The number of hydrogen-bond acceptors (Lipinski definition) is 3. The number of aromatic nitrogens is 3. The third-order valence-corrected chi connectivity index (χ3v) is 6.44. The van der Waals surface area contributed by atoms with Crippen LogP contribution in [0.1, 0.15) is 36.2 Å². The first-order valence-electron chi connectivity index (χ1n) is 9.42. The standard InChI is InChI=1S/C22H19BrF3N3/c1-13-9-19(26)16(10-17(13)23)20-5-4-15(28-29-20)6-7-22(11-14(24)12-22)21-18(25)3-2-8-27-21/h2-5,8-10,14H,6-7,11-12H2,1H3/t14-,22-. The number of pyridine rings is 1. The molecule has 0 radical (unpaired) electrons. The normalized spacial score (nSPS) is 21.1. The van der Waals surface area contributed by atoms with Gasteiger partial charge in [-0.2, -0.15) is 10.2 Å². The summed E-state index contributed by atoms with van der Waals surface area (Å²) >= 11 is 3.40. The zero-order valence-corrected chi connectivity index (χ0v) is 17.4. The van der Waals surface area contributed by atoms with E-state index in [4.69, 9.17) is 0 Å². The Labute approximate surface area is 175 Å². The van der Waals surface area contributed by atoms with E-state index in [0.717, 1.165) is 10.0 Å². The lowest BCUT2D eigenvalue weighted by Crippen LogP contribution is -2.44. The van der Waals surface area contributed by atoms with Crippen LogP contribution in [0.2, 0.25) is 0 Å². The van der Waals surface area contributed by atoms with Crippen molar-refractivity contribution in [2.24, 2.45) is 0 Å². The maximum atomic E-state index is 14.3. The zero-order chi connectivity index (χ0) is 20.6. The molecule has 0 saturated heterocycles. The first-order valence-corrected chi connectivity index (χ1v) is 10.2. The van der Waals surface area contributed by atoms with Crippen LogP contribution < -0.4 is 0 Å². The summed E-state index contributed by atoms with van der Waals surface area (Å²) in [7, 11) is 0. The second kappa shape index (κ2) is 7.86. The number of hydrogen-bond donors (Lipinski definition) is 0. The Bertz CT molecular complexity index is 1030. The Balaban J connectivity index is 1.52. The summed E-state index contributed by atoms with van der Waals surface area (Å²) < 4.78 is 43.0. The fourth-order valence-corrected chi connectivity index (χ4v) is 4.27. The van der Waals surface area contributed by atoms with Gasteiger partial charge in [-0.15, -0.1) is 0 Å². The molecule has 0 spiro atoms. The van der Waals surface area contributed by atoms with Crippen molar-refractivity contribution < 1.29 is 13.2 Å². The topological polar surface area (TPSA) is 38.7 Å². The Morgan fingerprint density at radius 2 is 1.90 bits per heavy atom. The monoisotopic (exact) mass is 461 g/mol. The van der Waals surface area contributed by atoms with Gasteiger partial charge in [0.15, 0.2) is 0 Å². The van der Waals surface area contributed by atoms with Crippen LogP contribution in [0.4, 0.5) is 13.2 Å². The number of nitrogens with zero attached hydrogens (tertiary/aromatic N) is 3. The van der Waals surface area contributed by atoms with Gasteiger partial charge in [0.25, 0.3) is 0 Å². The summed E-state index contributed by atoms with van der Waals surface area (Å²) in [5, 5.41) is 8.36. The molecule has 2 heterocycles. The first kappa shape index (κ1) is 20.0. The predicted octanol–water partition coefficient (Wildman–Crippen LogP) is 5.89. The molecule has 0 unspecified atom stereocenters. The fourth-order valence-electron chi connectivity index (χ4n) is 3.93. The molecule has 1 saturated carbocycles. The smallest absolute Gasteiger partial charge is 0.145 e. The van der Waals surface area contributed by atoms with Gasteiger partial charge >= 0.3 is 0 Å². The van der Waals surface area contributed by atoms with E-state index in [0.29, 0.717) is 35.5 Å². The number of alkyl halides is 1. The van der Waals surface area contributed by atoms with Crippen molar-refractivity contribution in [2.75, 3.05) is 0 Å². The Hall–Kier alpha value is -2.28. The second-order valence-corrected chi connectivity index (χ2v) is 8.47. The van der Waals surface area contributed by atoms with Crippen LogP contribution in [0.25, 0.3) is 11.3 Å². The Kier molecular flexibility index (Phi) is 5.42.